The fraction of sp³-hybridized carbons (Fsp3) is 0.733. The monoisotopic (exact) mass is 670 g/mol. The number of aromatic nitrogens is 3. The number of nitrogens with one attached hydrogen (secondary N) is 2. The number of nitrogens with two attached hydrogens (primary N) is 1. The quantitative estimate of drug-likeness (QED) is 0.114. The number of ether oxygens (including phenoxy) is 3. The molecule has 15 nitrogen and oxygen atoms in total. The number of fused-ring (bicyclic) bond motifs is 1. The van der Waals surface area contributed by atoms with Gasteiger partial charge in [0, 0.05) is 0 Å². The highest BCUT2D eigenvalue weighted by atomic mass is 31.2. The minimum absolute atomic E-state index is 0.185. The summed E-state index contributed by atoms with van der Waals surface area (Å²) in [5, 5.41) is 31.6. The molecule has 6 atom stereocenters. The highest BCUT2D eigenvalue weighted by molar-refractivity contribution is 7.54. The molecule has 46 heavy (non-hydrogen) atoms. The molecule has 2 aromatic heterocycles. The van der Waals surface area contributed by atoms with Crippen LogP contribution in [0.2, 0.25) is 0 Å². The Morgan fingerprint density at radius 2 is 1.54 bits per heavy atom. The summed E-state index contributed by atoms with van der Waals surface area (Å²) in [5.41, 5.74) is 5.37. The van der Waals surface area contributed by atoms with Crippen LogP contribution in [-0.2, 0) is 38.5 Å². The lowest BCUT2D eigenvalue weighted by atomic mass is 9.93. The normalized spacial score (nSPS) is 23.2. The molecule has 1 aliphatic rings. The molecule has 0 bridgehead atoms. The second-order valence-electron chi connectivity index (χ2n) is 12.0. The molecule has 0 amide bonds. The number of carbonyl (C=O) groups is 2. The molecule has 0 spiro atoms. The Kier molecular flexibility index (Phi) is 13.5. The third-order valence-corrected chi connectivity index (χ3v) is 10.7. The van der Waals surface area contributed by atoms with Crippen molar-refractivity contribution >= 4 is 30.9 Å². The number of anilines is 1. The molecule has 1 aliphatic heterocycles. The average molecular weight is 671 g/mol. The molecule has 1 saturated heterocycles. The number of hydrogen-bond acceptors (Lipinski definition) is 12. The number of carbonyl (C=O) groups excluding carboxylic acids is 2. The maximum absolute atomic E-state index is 14.2. The summed E-state index contributed by atoms with van der Waals surface area (Å²) >= 11 is 0. The molecule has 260 valence electrons. The van der Waals surface area contributed by atoms with E-state index in [2.05, 4.69) is 20.3 Å². The van der Waals surface area contributed by atoms with E-state index in [1.807, 2.05) is 27.7 Å². The Bertz CT molecular complexity index is 1310. The first-order valence-electron chi connectivity index (χ1n) is 16.0. The van der Waals surface area contributed by atoms with Crippen LogP contribution >= 0.6 is 7.67 Å². The van der Waals surface area contributed by atoms with E-state index in [1.165, 1.54) is 24.7 Å². The first kappa shape index (κ1) is 37.8. The van der Waals surface area contributed by atoms with Gasteiger partial charge in [-0.3, -0.25) is 14.2 Å². The van der Waals surface area contributed by atoms with Crippen molar-refractivity contribution < 1.29 is 43.1 Å². The molecule has 3 heterocycles. The fourth-order valence-electron chi connectivity index (χ4n) is 5.26. The molecule has 6 N–H and O–H groups in total. The minimum Gasteiger partial charge on any atom is -0.464 e. The number of nitrogens with zero attached hydrogens (tertiary/aromatic N) is 3. The lowest BCUT2D eigenvalue weighted by molar-refractivity contribution is -0.147. The molecular weight excluding hydrogens is 619 g/mol. The molecule has 0 radical (unpaired) electrons. The number of esters is 2. The summed E-state index contributed by atoms with van der Waals surface area (Å²) in [6, 6.07) is 1.13. The summed E-state index contributed by atoms with van der Waals surface area (Å²) in [6.07, 6.45) is 0.517. The summed E-state index contributed by atoms with van der Waals surface area (Å²) in [7, 11) is -4.22. The van der Waals surface area contributed by atoms with E-state index < -0.39 is 62.2 Å². The lowest BCUT2D eigenvalue weighted by Crippen LogP contribution is -2.43. The SMILES string of the molecule is CCC(CC)COC(=O)[C@H](C)NP(=O)(N[C@@H](C)C(=O)OCC(CC)CC)OC[C@H]1O[C@@](C)(c2ccc3c(N)ncnn23)[C@H](O)[C@@H]1O. The Morgan fingerprint density at radius 3 is 2.04 bits per heavy atom. The van der Waals surface area contributed by atoms with E-state index in [-0.39, 0.29) is 30.9 Å². The first-order chi connectivity index (χ1) is 21.7. The zero-order valence-electron chi connectivity index (χ0n) is 27.8. The van der Waals surface area contributed by atoms with Crippen LogP contribution in [-0.4, -0.2) is 87.0 Å². The summed E-state index contributed by atoms with van der Waals surface area (Å²) in [5.74, 6) is -0.712. The smallest absolute Gasteiger partial charge is 0.342 e. The van der Waals surface area contributed by atoms with Crippen LogP contribution in [0.3, 0.4) is 0 Å². The summed E-state index contributed by atoms with van der Waals surface area (Å²) < 4.78 is 38.5. The zero-order chi connectivity index (χ0) is 34.2. The number of aliphatic hydroxyl groups excluding tert-OH is 2. The van der Waals surface area contributed by atoms with Crippen molar-refractivity contribution in [1.29, 1.82) is 0 Å². The largest absolute Gasteiger partial charge is 0.464 e. The molecule has 2 aromatic rings. The molecule has 0 unspecified atom stereocenters. The Balaban J connectivity index is 1.78. The topological polar surface area (TPSA) is 209 Å². The van der Waals surface area contributed by atoms with Gasteiger partial charge in [-0.1, -0.05) is 53.4 Å². The van der Waals surface area contributed by atoms with Crippen molar-refractivity contribution in [3.05, 3.63) is 24.2 Å². The maximum atomic E-state index is 14.2. The van der Waals surface area contributed by atoms with Crippen LogP contribution in [0, 0.1) is 11.8 Å². The number of nitrogen functional groups attached to an aromatic ring is 1. The maximum Gasteiger partial charge on any atom is 0.342 e. The molecule has 0 saturated carbocycles. The third-order valence-electron chi connectivity index (χ3n) is 8.74. The Labute approximate surface area is 270 Å². The Hall–Kier alpha value is -2.65. The van der Waals surface area contributed by atoms with Gasteiger partial charge in [0.15, 0.2) is 5.82 Å². The third kappa shape index (κ3) is 8.82. The summed E-state index contributed by atoms with van der Waals surface area (Å²) in [6.45, 7) is 12.4. The second kappa shape index (κ2) is 16.4. The summed E-state index contributed by atoms with van der Waals surface area (Å²) in [4.78, 5) is 29.6. The van der Waals surface area contributed by atoms with E-state index in [0.29, 0.717) is 11.2 Å². The van der Waals surface area contributed by atoms with Crippen LogP contribution in [0.25, 0.3) is 5.52 Å². The fourth-order valence-corrected chi connectivity index (χ4v) is 7.07. The van der Waals surface area contributed by atoms with Crippen LogP contribution in [0.4, 0.5) is 5.82 Å². The average Bonchev–Trinajstić information content (AvgIpc) is 3.57. The highest BCUT2D eigenvalue weighted by Crippen LogP contribution is 2.44. The van der Waals surface area contributed by atoms with Crippen molar-refractivity contribution in [3.8, 4) is 0 Å². The Morgan fingerprint density at radius 1 is 1.02 bits per heavy atom. The van der Waals surface area contributed by atoms with Crippen molar-refractivity contribution in [3.63, 3.8) is 0 Å². The van der Waals surface area contributed by atoms with Crippen LogP contribution in [0.1, 0.15) is 79.8 Å². The second-order valence-corrected chi connectivity index (χ2v) is 13.9. The van der Waals surface area contributed by atoms with Gasteiger partial charge in [0.05, 0.1) is 25.5 Å². The predicted molar refractivity (Wildman–Crippen MR) is 170 cm³/mol. The van der Waals surface area contributed by atoms with Crippen molar-refractivity contribution in [2.24, 2.45) is 11.8 Å². The molecular formula is C30H51N6O9P. The van der Waals surface area contributed by atoms with Crippen molar-refractivity contribution in [2.75, 3.05) is 25.6 Å². The minimum atomic E-state index is -4.22. The van der Waals surface area contributed by atoms with Crippen molar-refractivity contribution in [2.45, 2.75) is 110 Å². The number of hydrogen-bond donors (Lipinski definition) is 5. The van der Waals surface area contributed by atoms with Gasteiger partial charge < -0.3 is 34.7 Å². The lowest BCUT2D eigenvalue weighted by Gasteiger charge is -2.28. The van der Waals surface area contributed by atoms with E-state index >= 15 is 0 Å². The van der Waals surface area contributed by atoms with Gasteiger partial charge in [0.25, 0.3) is 0 Å². The molecule has 16 heteroatoms. The number of aliphatic hydroxyl groups is 2. The van der Waals surface area contributed by atoms with Gasteiger partial charge in [0.2, 0.25) is 0 Å². The zero-order valence-corrected chi connectivity index (χ0v) is 28.7. The molecule has 1 fully saturated rings. The van der Waals surface area contributed by atoms with Crippen LogP contribution < -0.4 is 15.9 Å². The van der Waals surface area contributed by atoms with E-state index in [4.69, 9.17) is 24.5 Å². The van der Waals surface area contributed by atoms with Gasteiger partial charge in [-0.15, -0.1) is 0 Å². The van der Waals surface area contributed by atoms with Gasteiger partial charge in [-0.2, -0.15) is 5.10 Å². The molecule has 0 aliphatic carbocycles. The standard InChI is InChI=1S/C30H51N6O9P/c1-8-20(9-2)14-42-28(39)18(5)34-46(41,35-19(6)29(40)43-15-21(10-3)11-4)44-16-23-25(37)26(38)30(7,45-23)24-13-12-22-27(31)32-17-33-36(22)24/h12-13,17-21,23,25-26,37-38H,8-11,14-16H2,1-7H3,(H2,31,32,33)(H2,34,35,41)/t18-,19-,23+,25+,26+,30-/m0/s1. The van der Waals surface area contributed by atoms with Gasteiger partial charge >= 0.3 is 19.6 Å². The van der Waals surface area contributed by atoms with Crippen LogP contribution in [0.5, 0.6) is 0 Å². The van der Waals surface area contributed by atoms with Gasteiger partial charge in [-0.05, 0) is 44.7 Å². The van der Waals surface area contributed by atoms with Crippen LogP contribution in [0.15, 0.2) is 18.5 Å². The molecule has 3 rings (SSSR count). The van der Waals surface area contributed by atoms with Gasteiger partial charge in [-0.25, -0.2) is 19.7 Å². The molecule has 0 aromatic carbocycles. The van der Waals surface area contributed by atoms with E-state index in [0.717, 1.165) is 25.7 Å². The predicted octanol–water partition coefficient (Wildman–Crippen LogP) is 2.69. The van der Waals surface area contributed by atoms with Gasteiger partial charge in [0.1, 0.15) is 47.8 Å². The highest BCUT2D eigenvalue weighted by Gasteiger charge is 2.54. The van der Waals surface area contributed by atoms with E-state index in [1.54, 1.807) is 19.1 Å². The first-order valence-corrected chi connectivity index (χ1v) is 17.6. The number of rotatable bonds is 18. The van der Waals surface area contributed by atoms with E-state index in [9.17, 15) is 24.4 Å². The van der Waals surface area contributed by atoms with Crippen molar-refractivity contribution in [1.82, 2.24) is 24.8 Å².